The van der Waals surface area contributed by atoms with Gasteiger partial charge in [0.05, 0.1) is 12.8 Å². The molecule has 0 radical (unpaired) electrons. The topological polar surface area (TPSA) is 44.7 Å². The highest BCUT2D eigenvalue weighted by Gasteiger charge is 1.99. The van der Waals surface area contributed by atoms with Crippen molar-refractivity contribution in [2.24, 2.45) is 0 Å². The van der Waals surface area contributed by atoms with E-state index in [0.29, 0.717) is 11.4 Å². The van der Waals surface area contributed by atoms with Gasteiger partial charge in [0.2, 0.25) is 0 Å². The first-order valence-electron chi connectivity index (χ1n) is 3.58. The van der Waals surface area contributed by atoms with E-state index >= 15 is 0 Å². The molecule has 0 heterocycles. The molecule has 0 amide bonds. The van der Waals surface area contributed by atoms with Gasteiger partial charge in [0.15, 0.2) is 0 Å². The standard InChI is InChI=1S/C8H12N2O2/c1-9-10(11)7-4-3-5-8(6-7)12-2/h3-6,9,11H,1-2H3. The van der Waals surface area contributed by atoms with Crippen molar-refractivity contribution in [3.63, 3.8) is 0 Å². The number of ether oxygens (including phenoxy) is 1. The lowest BCUT2D eigenvalue weighted by Gasteiger charge is -2.14. The van der Waals surface area contributed by atoms with Gasteiger partial charge in [-0.05, 0) is 12.1 Å². The van der Waals surface area contributed by atoms with Gasteiger partial charge >= 0.3 is 0 Å². The predicted molar refractivity (Wildman–Crippen MR) is 46.3 cm³/mol. The first-order chi connectivity index (χ1) is 5.77. The zero-order valence-corrected chi connectivity index (χ0v) is 7.11. The number of hydrogen-bond donors (Lipinski definition) is 2. The molecule has 4 nitrogen and oxygen atoms in total. The molecule has 12 heavy (non-hydrogen) atoms. The van der Waals surface area contributed by atoms with Crippen molar-refractivity contribution in [2.45, 2.75) is 0 Å². The van der Waals surface area contributed by atoms with Crippen molar-refractivity contribution < 1.29 is 9.94 Å². The molecule has 0 unspecified atom stereocenters. The van der Waals surface area contributed by atoms with Crippen LogP contribution in [0.5, 0.6) is 5.75 Å². The fourth-order valence-electron chi connectivity index (χ4n) is 0.871. The number of benzene rings is 1. The lowest BCUT2D eigenvalue weighted by Crippen LogP contribution is -2.30. The number of nitrogens with one attached hydrogen (secondary N) is 1. The van der Waals surface area contributed by atoms with Crippen LogP contribution < -0.4 is 15.3 Å². The average molecular weight is 168 g/mol. The summed E-state index contributed by atoms with van der Waals surface area (Å²) in [5, 5.41) is 10.1. The Labute approximate surface area is 71.3 Å². The van der Waals surface area contributed by atoms with Crippen molar-refractivity contribution in [1.82, 2.24) is 5.43 Å². The summed E-state index contributed by atoms with van der Waals surface area (Å²) in [6.45, 7) is 0. The van der Waals surface area contributed by atoms with Gasteiger partial charge in [-0.1, -0.05) is 6.07 Å². The third kappa shape index (κ3) is 1.87. The molecule has 0 aromatic heterocycles. The van der Waals surface area contributed by atoms with E-state index < -0.39 is 0 Å². The summed E-state index contributed by atoms with van der Waals surface area (Å²) in [5.74, 6) is 0.710. The summed E-state index contributed by atoms with van der Waals surface area (Å²) >= 11 is 0. The van der Waals surface area contributed by atoms with Crippen LogP contribution in [0.1, 0.15) is 0 Å². The summed E-state index contributed by atoms with van der Waals surface area (Å²) in [6, 6.07) is 7.09. The molecule has 0 saturated heterocycles. The number of nitrogens with zero attached hydrogens (tertiary/aromatic N) is 1. The second-order valence-electron chi connectivity index (χ2n) is 2.24. The second-order valence-corrected chi connectivity index (χ2v) is 2.24. The second kappa shape index (κ2) is 3.94. The maximum Gasteiger partial charge on any atom is 0.121 e. The zero-order chi connectivity index (χ0) is 8.97. The van der Waals surface area contributed by atoms with Crippen molar-refractivity contribution in [3.8, 4) is 5.75 Å². The van der Waals surface area contributed by atoms with Gasteiger partial charge in [-0.2, -0.15) is 5.17 Å². The van der Waals surface area contributed by atoms with Crippen LogP contribution in [0.2, 0.25) is 0 Å². The SMILES string of the molecule is CNN(O)c1cccc(OC)c1. The smallest absolute Gasteiger partial charge is 0.121 e. The summed E-state index contributed by atoms with van der Waals surface area (Å²) in [7, 11) is 3.21. The van der Waals surface area contributed by atoms with Crippen LogP contribution in [0, 0.1) is 0 Å². The molecule has 66 valence electrons. The summed E-state index contributed by atoms with van der Waals surface area (Å²) < 4.78 is 4.98. The average Bonchev–Trinajstić information content (AvgIpc) is 2.17. The monoisotopic (exact) mass is 168 g/mol. The van der Waals surface area contributed by atoms with Crippen LogP contribution in [-0.2, 0) is 0 Å². The lowest BCUT2D eigenvalue weighted by molar-refractivity contribution is 0.222. The minimum absolute atomic E-state index is 0.636. The summed E-state index contributed by atoms with van der Waals surface area (Å²) in [5.41, 5.74) is 3.20. The Bertz CT molecular complexity index is 253. The van der Waals surface area contributed by atoms with Crippen molar-refractivity contribution in [1.29, 1.82) is 0 Å². The van der Waals surface area contributed by atoms with E-state index in [1.807, 2.05) is 6.07 Å². The highest BCUT2D eigenvalue weighted by molar-refractivity contribution is 5.47. The van der Waals surface area contributed by atoms with Crippen molar-refractivity contribution in [2.75, 3.05) is 19.3 Å². The van der Waals surface area contributed by atoms with Gasteiger partial charge in [-0.3, -0.25) is 5.21 Å². The molecule has 0 aliphatic heterocycles. The fraction of sp³-hybridized carbons (Fsp3) is 0.250. The van der Waals surface area contributed by atoms with Crippen LogP contribution >= 0.6 is 0 Å². The maximum atomic E-state index is 9.22. The van der Waals surface area contributed by atoms with Crippen LogP contribution in [0.4, 0.5) is 5.69 Å². The number of anilines is 1. The molecule has 4 heteroatoms. The Morgan fingerprint density at radius 3 is 2.83 bits per heavy atom. The minimum atomic E-state index is 0.636. The number of hydrogen-bond acceptors (Lipinski definition) is 4. The normalized spacial score (nSPS) is 9.58. The molecule has 0 aliphatic carbocycles. The molecular weight excluding hydrogens is 156 g/mol. The van der Waals surface area contributed by atoms with Gasteiger partial charge in [0.25, 0.3) is 0 Å². The third-order valence-corrected chi connectivity index (χ3v) is 1.51. The van der Waals surface area contributed by atoms with E-state index in [-0.39, 0.29) is 0 Å². The molecule has 0 atom stereocenters. The Hall–Kier alpha value is -1.26. The molecule has 0 fully saturated rings. The molecule has 1 rings (SSSR count). The number of hydrazine groups is 1. The predicted octanol–water partition coefficient (Wildman–Crippen LogP) is 1.03. The molecule has 1 aromatic rings. The van der Waals surface area contributed by atoms with Gasteiger partial charge in [-0.15, -0.1) is 0 Å². The lowest BCUT2D eigenvalue weighted by atomic mass is 10.3. The number of rotatable bonds is 3. The molecule has 0 spiro atoms. The van der Waals surface area contributed by atoms with Crippen molar-refractivity contribution >= 4 is 5.69 Å². The van der Waals surface area contributed by atoms with Gasteiger partial charge in [0, 0.05) is 13.1 Å². The quantitative estimate of drug-likeness (QED) is 0.661. The first-order valence-corrected chi connectivity index (χ1v) is 3.58. The van der Waals surface area contributed by atoms with Crippen LogP contribution in [0.3, 0.4) is 0 Å². The molecular formula is C8H12N2O2. The highest BCUT2D eigenvalue weighted by atomic mass is 16.5. The van der Waals surface area contributed by atoms with Crippen LogP contribution in [-0.4, -0.2) is 19.4 Å². The Kier molecular flexibility index (Phi) is 2.90. The Morgan fingerprint density at radius 2 is 2.25 bits per heavy atom. The number of methoxy groups -OCH3 is 1. The molecule has 2 N–H and O–H groups in total. The van der Waals surface area contributed by atoms with E-state index in [1.165, 1.54) is 0 Å². The van der Waals surface area contributed by atoms with Crippen LogP contribution in [0.25, 0.3) is 0 Å². The van der Waals surface area contributed by atoms with E-state index in [0.717, 1.165) is 5.17 Å². The Morgan fingerprint density at radius 1 is 1.50 bits per heavy atom. The Balaban J connectivity index is 2.86. The molecule has 1 aromatic carbocycles. The van der Waals surface area contributed by atoms with Crippen LogP contribution in [0.15, 0.2) is 24.3 Å². The molecule has 0 aliphatic rings. The molecule has 0 saturated carbocycles. The zero-order valence-electron chi connectivity index (χ0n) is 7.11. The molecule has 0 bridgehead atoms. The summed E-state index contributed by atoms with van der Waals surface area (Å²) in [4.78, 5) is 0. The van der Waals surface area contributed by atoms with Crippen molar-refractivity contribution in [3.05, 3.63) is 24.3 Å². The van der Waals surface area contributed by atoms with E-state index in [9.17, 15) is 5.21 Å². The fourth-order valence-corrected chi connectivity index (χ4v) is 0.871. The van der Waals surface area contributed by atoms with E-state index in [2.05, 4.69) is 5.43 Å². The summed E-state index contributed by atoms with van der Waals surface area (Å²) in [6.07, 6.45) is 0. The largest absolute Gasteiger partial charge is 0.497 e. The minimum Gasteiger partial charge on any atom is -0.497 e. The van der Waals surface area contributed by atoms with E-state index in [1.54, 1.807) is 32.4 Å². The van der Waals surface area contributed by atoms with Gasteiger partial charge in [-0.25, -0.2) is 5.43 Å². The van der Waals surface area contributed by atoms with Gasteiger partial charge < -0.3 is 4.74 Å². The first kappa shape index (κ1) is 8.83. The van der Waals surface area contributed by atoms with Gasteiger partial charge in [0.1, 0.15) is 5.75 Å². The maximum absolute atomic E-state index is 9.22. The third-order valence-electron chi connectivity index (χ3n) is 1.51. The van der Waals surface area contributed by atoms with E-state index in [4.69, 9.17) is 4.74 Å². The highest BCUT2D eigenvalue weighted by Crippen LogP contribution is 2.17.